The molecule has 4 rings (SSSR count). The lowest BCUT2D eigenvalue weighted by molar-refractivity contribution is -0.274. The first-order valence-electron chi connectivity index (χ1n) is 9.07. The average molecular weight is 418 g/mol. The van der Waals surface area contributed by atoms with Crippen molar-refractivity contribution in [2.24, 2.45) is 11.7 Å². The maximum absolute atomic E-state index is 12.6. The van der Waals surface area contributed by atoms with Crippen LogP contribution in [0, 0.1) is 5.92 Å². The number of fused-ring (bicyclic) bond motifs is 1. The largest absolute Gasteiger partial charge is 0.573 e. The number of carbonyl (C=O) groups is 2. The molecule has 6 nitrogen and oxygen atoms in total. The monoisotopic (exact) mass is 418 g/mol. The Labute approximate surface area is 169 Å². The molecular weight excluding hydrogens is 401 g/mol. The minimum atomic E-state index is -4.84. The quantitative estimate of drug-likeness (QED) is 0.637. The maximum atomic E-state index is 12.6. The highest BCUT2D eigenvalue weighted by Gasteiger charge is 2.45. The molecule has 0 saturated heterocycles. The fourth-order valence-corrected chi connectivity index (χ4v) is 3.71. The average Bonchev–Trinajstić information content (AvgIpc) is 3.40. The Morgan fingerprint density at radius 1 is 1.13 bits per heavy atom. The number of benzene rings is 2. The molecule has 1 saturated carbocycles. The van der Waals surface area contributed by atoms with Gasteiger partial charge in [-0.3, -0.25) is 9.59 Å². The number of primary amides is 1. The molecule has 9 heteroatoms. The number of methoxy groups -OCH3 is 1. The van der Waals surface area contributed by atoms with Crippen LogP contribution in [0.5, 0.6) is 5.75 Å². The lowest BCUT2D eigenvalue weighted by atomic mass is 10.1. The standard InChI is InChI=1S/C21H17F3N2O4/c1-29-20(28)16-10-15(16)11-3-2-4-13(7-11)26-17-9-14(30-21(22,23)24)6-5-12(17)8-18(26)19(25)27/h2-9,15-16H,10H2,1H3,(H2,25,27). The third kappa shape index (κ3) is 3.70. The van der Waals surface area contributed by atoms with Gasteiger partial charge in [0.15, 0.2) is 0 Å². The Kier molecular flexibility index (Phi) is 4.68. The summed E-state index contributed by atoms with van der Waals surface area (Å²) in [6.45, 7) is 0. The molecule has 1 aliphatic carbocycles. The predicted molar refractivity (Wildman–Crippen MR) is 101 cm³/mol. The number of nitrogens with zero attached hydrogens (tertiary/aromatic N) is 1. The van der Waals surface area contributed by atoms with Gasteiger partial charge in [0.05, 0.1) is 18.5 Å². The summed E-state index contributed by atoms with van der Waals surface area (Å²) in [4.78, 5) is 23.8. The number of hydrogen-bond acceptors (Lipinski definition) is 4. The topological polar surface area (TPSA) is 83.5 Å². The minimum Gasteiger partial charge on any atom is -0.469 e. The van der Waals surface area contributed by atoms with E-state index in [1.165, 1.54) is 35.9 Å². The molecule has 3 aromatic rings. The SMILES string of the molecule is COC(=O)C1CC1c1cccc(-n2c(C(N)=O)cc3ccc(OC(F)(F)F)cc32)c1. The number of carbonyl (C=O) groups excluding carboxylic acids is 2. The summed E-state index contributed by atoms with van der Waals surface area (Å²) in [5, 5.41) is 0.530. The molecule has 2 atom stereocenters. The molecule has 1 fully saturated rings. The van der Waals surface area contributed by atoms with Gasteiger partial charge in [-0.1, -0.05) is 12.1 Å². The van der Waals surface area contributed by atoms with Crippen molar-refractivity contribution in [3.05, 3.63) is 59.8 Å². The summed E-state index contributed by atoms with van der Waals surface area (Å²) in [6.07, 6.45) is -4.19. The number of rotatable bonds is 5. The van der Waals surface area contributed by atoms with E-state index < -0.39 is 18.0 Å². The zero-order valence-corrected chi connectivity index (χ0v) is 15.8. The molecule has 0 bridgehead atoms. The summed E-state index contributed by atoms with van der Waals surface area (Å²) in [5.41, 5.74) is 7.37. The highest BCUT2D eigenvalue weighted by molar-refractivity contribution is 5.99. The van der Waals surface area contributed by atoms with Crippen LogP contribution in [0.4, 0.5) is 13.2 Å². The van der Waals surface area contributed by atoms with Gasteiger partial charge in [0.2, 0.25) is 0 Å². The van der Waals surface area contributed by atoms with Crippen molar-refractivity contribution in [1.29, 1.82) is 0 Å². The van der Waals surface area contributed by atoms with Crippen LogP contribution >= 0.6 is 0 Å². The Bertz CT molecular complexity index is 1150. The lowest BCUT2D eigenvalue weighted by Gasteiger charge is -2.13. The van der Waals surface area contributed by atoms with Crippen LogP contribution in [0.3, 0.4) is 0 Å². The zero-order valence-electron chi connectivity index (χ0n) is 15.8. The molecule has 2 unspecified atom stereocenters. The molecular formula is C21H17F3N2O4. The summed E-state index contributed by atoms with van der Waals surface area (Å²) in [7, 11) is 1.33. The van der Waals surface area contributed by atoms with Gasteiger partial charge >= 0.3 is 12.3 Å². The van der Waals surface area contributed by atoms with Crippen molar-refractivity contribution in [1.82, 2.24) is 4.57 Å². The van der Waals surface area contributed by atoms with E-state index >= 15 is 0 Å². The molecule has 0 radical (unpaired) electrons. The van der Waals surface area contributed by atoms with Gasteiger partial charge in [-0.2, -0.15) is 0 Å². The second-order valence-electron chi connectivity index (χ2n) is 7.06. The van der Waals surface area contributed by atoms with Crippen LogP contribution in [-0.4, -0.2) is 29.9 Å². The fraction of sp³-hybridized carbons (Fsp3) is 0.238. The summed E-state index contributed by atoms with van der Waals surface area (Å²) in [5.74, 6) is -1.67. The van der Waals surface area contributed by atoms with Gasteiger partial charge in [-0.05, 0) is 48.2 Å². The number of alkyl halides is 3. The van der Waals surface area contributed by atoms with Gasteiger partial charge < -0.3 is 19.8 Å². The third-order valence-electron chi connectivity index (χ3n) is 5.11. The van der Waals surface area contributed by atoms with Crippen LogP contribution in [0.2, 0.25) is 0 Å². The molecule has 1 aromatic heterocycles. The second kappa shape index (κ2) is 7.08. The zero-order chi connectivity index (χ0) is 21.6. The van der Waals surface area contributed by atoms with E-state index in [2.05, 4.69) is 4.74 Å². The van der Waals surface area contributed by atoms with Crippen LogP contribution < -0.4 is 10.5 Å². The van der Waals surface area contributed by atoms with E-state index in [1.807, 2.05) is 6.07 Å². The van der Waals surface area contributed by atoms with Crippen molar-refractivity contribution in [2.45, 2.75) is 18.7 Å². The van der Waals surface area contributed by atoms with E-state index in [4.69, 9.17) is 10.5 Å². The molecule has 30 heavy (non-hydrogen) atoms. The number of amides is 1. The first-order valence-corrected chi connectivity index (χ1v) is 9.07. The molecule has 2 aromatic carbocycles. The van der Waals surface area contributed by atoms with Crippen molar-refractivity contribution in [3.63, 3.8) is 0 Å². The van der Waals surface area contributed by atoms with Gasteiger partial charge in [0.1, 0.15) is 11.4 Å². The van der Waals surface area contributed by atoms with Gasteiger partial charge in [0.25, 0.3) is 5.91 Å². The normalized spacial score (nSPS) is 18.3. The first-order chi connectivity index (χ1) is 14.2. The number of esters is 1. The van der Waals surface area contributed by atoms with Crippen molar-refractivity contribution >= 4 is 22.8 Å². The van der Waals surface area contributed by atoms with E-state index in [0.717, 1.165) is 5.56 Å². The number of nitrogens with two attached hydrogens (primary N) is 1. The van der Waals surface area contributed by atoms with Gasteiger partial charge in [-0.15, -0.1) is 13.2 Å². The van der Waals surface area contributed by atoms with Crippen LogP contribution in [0.15, 0.2) is 48.5 Å². The number of aromatic nitrogens is 1. The van der Waals surface area contributed by atoms with Crippen LogP contribution in [0.1, 0.15) is 28.4 Å². The fourth-order valence-electron chi connectivity index (χ4n) is 3.71. The predicted octanol–water partition coefficient (Wildman–Crippen LogP) is 3.90. The molecule has 1 amide bonds. The van der Waals surface area contributed by atoms with Gasteiger partial charge in [-0.25, -0.2) is 0 Å². The van der Waals surface area contributed by atoms with Crippen molar-refractivity contribution < 1.29 is 32.2 Å². The molecule has 0 spiro atoms. The summed E-state index contributed by atoms with van der Waals surface area (Å²) in [6, 6.07) is 12.4. The summed E-state index contributed by atoms with van der Waals surface area (Å²) >= 11 is 0. The summed E-state index contributed by atoms with van der Waals surface area (Å²) < 4.78 is 48.2. The maximum Gasteiger partial charge on any atom is 0.573 e. The highest BCUT2D eigenvalue weighted by Crippen LogP contribution is 2.48. The first kappa shape index (κ1) is 19.8. The lowest BCUT2D eigenvalue weighted by Crippen LogP contribution is -2.17. The highest BCUT2D eigenvalue weighted by atomic mass is 19.4. The molecule has 156 valence electrons. The van der Waals surface area contributed by atoms with Crippen LogP contribution in [-0.2, 0) is 9.53 Å². The molecule has 1 heterocycles. The van der Waals surface area contributed by atoms with Crippen LogP contribution in [0.25, 0.3) is 16.6 Å². The molecule has 1 aliphatic rings. The number of halogens is 3. The number of hydrogen-bond donors (Lipinski definition) is 1. The molecule has 2 N–H and O–H groups in total. The third-order valence-corrected chi connectivity index (χ3v) is 5.11. The Balaban J connectivity index is 1.80. The van der Waals surface area contributed by atoms with Gasteiger partial charge in [0, 0.05) is 17.1 Å². The van der Waals surface area contributed by atoms with E-state index in [1.54, 1.807) is 18.2 Å². The Morgan fingerprint density at radius 3 is 2.57 bits per heavy atom. The van der Waals surface area contributed by atoms with E-state index in [9.17, 15) is 22.8 Å². The van der Waals surface area contributed by atoms with Crippen molar-refractivity contribution in [2.75, 3.05) is 7.11 Å². The van der Waals surface area contributed by atoms with Crippen molar-refractivity contribution in [3.8, 4) is 11.4 Å². The molecule has 0 aliphatic heterocycles. The Morgan fingerprint density at radius 2 is 1.90 bits per heavy atom. The van der Waals surface area contributed by atoms with E-state index in [-0.39, 0.29) is 23.5 Å². The Hall–Kier alpha value is -3.49. The smallest absolute Gasteiger partial charge is 0.469 e. The van der Waals surface area contributed by atoms with E-state index in [0.29, 0.717) is 23.0 Å². The minimum absolute atomic E-state index is 0.0135. The number of ether oxygens (including phenoxy) is 2. The second-order valence-corrected chi connectivity index (χ2v) is 7.06.